The third-order valence-corrected chi connectivity index (χ3v) is 4.25. The zero-order valence-corrected chi connectivity index (χ0v) is 14.6. The van der Waals surface area contributed by atoms with E-state index >= 15 is 0 Å². The third-order valence-electron chi connectivity index (χ3n) is 4.25. The van der Waals surface area contributed by atoms with Crippen molar-refractivity contribution in [3.05, 3.63) is 65.7 Å². The summed E-state index contributed by atoms with van der Waals surface area (Å²) in [5.74, 6) is -0.541. The number of carbonyl (C=O) groups is 1. The molecule has 3 rings (SSSR count). The van der Waals surface area contributed by atoms with Crippen LogP contribution in [-0.4, -0.2) is 17.0 Å². The summed E-state index contributed by atoms with van der Waals surface area (Å²) >= 11 is 0. The second-order valence-electron chi connectivity index (χ2n) is 6.18. The predicted octanol–water partition coefficient (Wildman–Crippen LogP) is 3.58. The van der Waals surface area contributed by atoms with Crippen LogP contribution in [-0.2, 0) is 6.42 Å². The van der Waals surface area contributed by atoms with Gasteiger partial charge in [0.05, 0.1) is 0 Å². The molecule has 0 fully saturated rings. The zero-order chi connectivity index (χ0) is 18.7. The Morgan fingerprint density at radius 3 is 2.54 bits per heavy atom. The van der Waals surface area contributed by atoms with E-state index in [0.717, 1.165) is 40.3 Å². The number of benzene rings is 3. The lowest BCUT2D eigenvalue weighted by molar-refractivity contribution is 0.100. The van der Waals surface area contributed by atoms with Gasteiger partial charge in [-0.15, -0.1) is 0 Å². The molecule has 5 heteroatoms. The van der Waals surface area contributed by atoms with Crippen molar-refractivity contribution in [3.63, 3.8) is 0 Å². The number of amides is 1. The van der Waals surface area contributed by atoms with Gasteiger partial charge in [0, 0.05) is 11.1 Å². The SMILES string of the molecule is CCCc1ccc(-c2cccc3ccc(C(=O)N=C(N)N)cc23)c(O)c1. The lowest BCUT2D eigenvalue weighted by Crippen LogP contribution is -2.24. The van der Waals surface area contributed by atoms with Crippen molar-refractivity contribution in [2.45, 2.75) is 19.8 Å². The molecular formula is C21H21N3O2. The number of carbonyl (C=O) groups excluding carboxylic acids is 1. The summed E-state index contributed by atoms with van der Waals surface area (Å²) in [6, 6.07) is 16.8. The van der Waals surface area contributed by atoms with Crippen LogP contribution in [0.2, 0.25) is 0 Å². The van der Waals surface area contributed by atoms with Gasteiger partial charge in [0.2, 0.25) is 0 Å². The van der Waals surface area contributed by atoms with E-state index in [2.05, 4.69) is 11.9 Å². The van der Waals surface area contributed by atoms with Crippen LogP contribution in [0.15, 0.2) is 59.6 Å². The van der Waals surface area contributed by atoms with E-state index in [1.807, 2.05) is 36.4 Å². The van der Waals surface area contributed by atoms with Crippen molar-refractivity contribution in [2.24, 2.45) is 16.5 Å². The molecule has 0 radical (unpaired) electrons. The van der Waals surface area contributed by atoms with E-state index < -0.39 is 5.91 Å². The first kappa shape index (κ1) is 17.5. The Morgan fingerprint density at radius 2 is 1.85 bits per heavy atom. The van der Waals surface area contributed by atoms with Gasteiger partial charge in [-0.1, -0.05) is 49.7 Å². The number of phenols is 1. The molecule has 0 atom stereocenters. The second kappa shape index (κ2) is 7.27. The van der Waals surface area contributed by atoms with Gasteiger partial charge in [-0.25, -0.2) is 0 Å². The minimum atomic E-state index is -0.496. The molecule has 0 bridgehead atoms. The standard InChI is InChI=1S/C21H21N3O2/c1-2-4-13-7-10-17(19(25)11-13)16-6-3-5-14-8-9-15(12-18(14)16)20(26)24-21(22)23/h3,5-12,25H,2,4H2,1H3,(H4,22,23,24,26). The maximum absolute atomic E-state index is 12.1. The molecule has 3 aromatic carbocycles. The van der Waals surface area contributed by atoms with Gasteiger partial charge in [0.15, 0.2) is 5.96 Å². The van der Waals surface area contributed by atoms with E-state index in [9.17, 15) is 9.90 Å². The van der Waals surface area contributed by atoms with Gasteiger partial charge < -0.3 is 16.6 Å². The number of aliphatic imine (C=N–C) groups is 1. The molecule has 26 heavy (non-hydrogen) atoms. The number of guanidine groups is 1. The number of aryl methyl sites for hydroxylation is 1. The van der Waals surface area contributed by atoms with Crippen LogP contribution >= 0.6 is 0 Å². The number of hydrogen-bond acceptors (Lipinski definition) is 2. The molecule has 0 aliphatic carbocycles. The predicted molar refractivity (Wildman–Crippen MR) is 105 cm³/mol. The Morgan fingerprint density at radius 1 is 1.04 bits per heavy atom. The number of nitrogens with zero attached hydrogens (tertiary/aromatic N) is 1. The minimum Gasteiger partial charge on any atom is -0.507 e. The molecule has 0 aliphatic heterocycles. The number of phenolic OH excluding ortho intramolecular Hbond substituents is 1. The van der Waals surface area contributed by atoms with Crippen LogP contribution in [0.1, 0.15) is 29.3 Å². The molecule has 3 aromatic rings. The fraction of sp³-hybridized carbons (Fsp3) is 0.143. The lowest BCUT2D eigenvalue weighted by atomic mass is 9.95. The van der Waals surface area contributed by atoms with Crippen LogP contribution in [0.3, 0.4) is 0 Å². The number of aromatic hydroxyl groups is 1. The van der Waals surface area contributed by atoms with Crippen molar-refractivity contribution in [1.29, 1.82) is 0 Å². The molecule has 132 valence electrons. The van der Waals surface area contributed by atoms with Gasteiger partial charge in [-0.3, -0.25) is 4.79 Å². The maximum Gasteiger partial charge on any atom is 0.280 e. The van der Waals surface area contributed by atoms with Crippen molar-refractivity contribution in [3.8, 4) is 16.9 Å². The van der Waals surface area contributed by atoms with Gasteiger partial charge >= 0.3 is 0 Å². The lowest BCUT2D eigenvalue weighted by Gasteiger charge is -2.11. The number of rotatable bonds is 4. The Kier molecular flexibility index (Phi) is 4.89. The third kappa shape index (κ3) is 3.52. The Labute approximate surface area is 152 Å². The highest BCUT2D eigenvalue weighted by atomic mass is 16.3. The van der Waals surface area contributed by atoms with Crippen LogP contribution < -0.4 is 11.5 Å². The normalized spacial score (nSPS) is 10.7. The van der Waals surface area contributed by atoms with Gasteiger partial charge in [0.1, 0.15) is 5.75 Å². The van der Waals surface area contributed by atoms with E-state index in [0.29, 0.717) is 5.56 Å². The first-order valence-corrected chi connectivity index (χ1v) is 8.48. The fourth-order valence-corrected chi connectivity index (χ4v) is 3.07. The largest absolute Gasteiger partial charge is 0.507 e. The summed E-state index contributed by atoms with van der Waals surface area (Å²) in [7, 11) is 0. The van der Waals surface area contributed by atoms with Crippen LogP contribution in [0.4, 0.5) is 0 Å². The van der Waals surface area contributed by atoms with Crippen LogP contribution in [0.25, 0.3) is 21.9 Å². The van der Waals surface area contributed by atoms with Crippen LogP contribution in [0, 0.1) is 0 Å². The summed E-state index contributed by atoms with van der Waals surface area (Å²) < 4.78 is 0. The average molecular weight is 347 g/mol. The zero-order valence-electron chi connectivity index (χ0n) is 14.6. The molecule has 0 heterocycles. The van der Waals surface area contributed by atoms with Crippen molar-refractivity contribution >= 4 is 22.6 Å². The highest BCUT2D eigenvalue weighted by Gasteiger charge is 2.12. The van der Waals surface area contributed by atoms with E-state index in [4.69, 9.17) is 11.5 Å². The molecule has 0 aromatic heterocycles. The minimum absolute atomic E-state index is 0.226. The first-order chi connectivity index (χ1) is 12.5. The van der Waals surface area contributed by atoms with Gasteiger partial charge in [-0.2, -0.15) is 4.99 Å². The Balaban J connectivity index is 2.14. The van der Waals surface area contributed by atoms with Crippen molar-refractivity contribution < 1.29 is 9.90 Å². The van der Waals surface area contributed by atoms with Crippen LogP contribution in [0.5, 0.6) is 5.75 Å². The summed E-state index contributed by atoms with van der Waals surface area (Å²) in [4.78, 5) is 15.7. The summed E-state index contributed by atoms with van der Waals surface area (Å²) in [5.41, 5.74) is 13.7. The highest BCUT2D eigenvalue weighted by Crippen LogP contribution is 2.35. The molecule has 0 saturated heterocycles. The molecule has 1 amide bonds. The Bertz CT molecular complexity index is 1010. The first-order valence-electron chi connectivity index (χ1n) is 8.48. The molecule has 0 saturated carbocycles. The van der Waals surface area contributed by atoms with Crippen molar-refractivity contribution in [1.82, 2.24) is 0 Å². The van der Waals surface area contributed by atoms with Gasteiger partial charge in [0.25, 0.3) is 5.91 Å². The summed E-state index contributed by atoms with van der Waals surface area (Å²) in [6.45, 7) is 2.10. The quantitative estimate of drug-likeness (QED) is 0.496. The molecule has 5 N–H and O–H groups in total. The highest BCUT2D eigenvalue weighted by molar-refractivity contribution is 6.06. The molecule has 0 spiro atoms. The molecular weight excluding hydrogens is 326 g/mol. The molecule has 0 unspecified atom stereocenters. The smallest absolute Gasteiger partial charge is 0.280 e. The number of fused-ring (bicyclic) bond motifs is 1. The average Bonchev–Trinajstić information content (AvgIpc) is 2.61. The van der Waals surface area contributed by atoms with E-state index in [1.54, 1.807) is 18.2 Å². The summed E-state index contributed by atoms with van der Waals surface area (Å²) in [5, 5.41) is 12.3. The van der Waals surface area contributed by atoms with Gasteiger partial charge in [-0.05, 0) is 46.5 Å². The maximum atomic E-state index is 12.1. The molecule has 0 aliphatic rings. The summed E-state index contributed by atoms with van der Waals surface area (Å²) in [6.07, 6.45) is 1.93. The van der Waals surface area contributed by atoms with Crippen molar-refractivity contribution in [2.75, 3.05) is 0 Å². The monoisotopic (exact) mass is 347 g/mol. The van der Waals surface area contributed by atoms with E-state index in [1.165, 1.54) is 0 Å². The number of hydrogen-bond donors (Lipinski definition) is 3. The topological polar surface area (TPSA) is 102 Å². The second-order valence-corrected chi connectivity index (χ2v) is 6.18. The number of nitrogens with two attached hydrogens (primary N) is 2. The van der Waals surface area contributed by atoms with E-state index in [-0.39, 0.29) is 11.7 Å². The molecule has 5 nitrogen and oxygen atoms in total. The fourth-order valence-electron chi connectivity index (χ4n) is 3.07. The Hall–Kier alpha value is -3.34.